The van der Waals surface area contributed by atoms with Crippen LogP contribution in [0.2, 0.25) is 0 Å². The smallest absolute Gasteiger partial charge is 0.112 e. The van der Waals surface area contributed by atoms with Gasteiger partial charge in [-0.2, -0.15) is 0 Å². The van der Waals surface area contributed by atoms with Gasteiger partial charge in [0.1, 0.15) is 6.10 Å². The molecule has 2 aliphatic rings. The minimum absolute atomic E-state index is 0.0752. The van der Waals surface area contributed by atoms with E-state index in [1.165, 1.54) is 16.6 Å². The summed E-state index contributed by atoms with van der Waals surface area (Å²) in [6.07, 6.45) is 5.70. The molecule has 0 spiro atoms. The Morgan fingerprint density at radius 3 is 2.92 bits per heavy atom. The van der Waals surface area contributed by atoms with Gasteiger partial charge in [-0.1, -0.05) is 17.7 Å². The van der Waals surface area contributed by atoms with Crippen LogP contribution in [0.3, 0.4) is 0 Å². The van der Waals surface area contributed by atoms with E-state index in [0.717, 1.165) is 37.8 Å². The number of fused-ring (bicyclic) bond motifs is 1. The van der Waals surface area contributed by atoms with Crippen LogP contribution < -0.4 is 4.90 Å². The van der Waals surface area contributed by atoms with Crippen molar-refractivity contribution in [2.24, 2.45) is 4.99 Å². The Hall–Kier alpha value is -1.82. The molecular formula is C19H23ClN4O. The van der Waals surface area contributed by atoms with Crippen LogP contribution >= 0.6 is 11.6 Å². The SMILES string of the molecule is ClC1=CC(OCCN2CCN(c3cccc4[nH]ccc34)CC2)C=NC1. The summed E-state index contributed by atoms with van der Waals surface area (Å²) < 4.78 is 5.85. The number of hydrogen-bond acceptors (Lipinski definition) is 4. The van der Waals surface area contributed by atoms with Crippen LogP contribution in [-0.2, 0) is 4.74 Å². The summed E-state index contributed by atoms with van der Waals surface area (Å²) >= 11 is 6.00. The molecule has 0 radical (unpaired) electrons. The van der Waals surface area contributed by atoms with E-state index >= 15 is 0 Å². The summed E-state index contributed by atoms with van der Waals surface area (Å²) in [5, 5.41) is 2.07. The van der Waals surface area contributed by atoms with E-state index in [-0.39, 0.29) is 6.10 Å². The van der Waals surface area contributed by atoms with Crippen LogP contribution in [0.4, 0.5) is 5.69 Å². The van der Waals surface area contributed by atoms with Crippen LogP contribution in [0, 0.1) is 0 Å². The number of nitrogens with one attached hydrogen (secondary N) is 1. The topological polar surface area (TPSA) is 43.9 Å². The number of rotatable bonds is 5. The number of anilines is 1. The van der Waals surface area contributed by atoms with E-state index < -0.39 is 0 Å². The minimum Gasteiger partial charge on any atom is -0.368 e. The molecule has 6 heteroatoms. The second kappa shape index (κ2) is 7.60. The van der Waals surface area contributed by atoms with Crippen LogP contribution in [0.5, 0.6) is 0 Å². The number of aliphatic imine (C=N–C) groups is 1. The highest BCUT2D eigenvalue weighted by atomic mass is 35.5. The maximum Gasteiger partial charge on any atom is 0.112 e. The third-order valence-corrected chi connectivity index (χ3v) is 5.09. The predicted molar refractivity (Wildman–Crippen MR) is 104 cm³/mol. The average molecular weight is 359 g/mol. The molecule has 0 aliphatic carbocycles. The highest BCUT2D eigenvalue weighted by Crippen LogP contribution is 2.26. The maximum atomic E-state index is 6.00. The van der Waals surface area contributed by atoms with E-state index in [1.807, 2.05) is 18.5 Å². The summed E-state index contributed by atoms with van der Waals surface area (Å²) in [4.78, 5) is 12.4. The molecule has 2 aromatic rings. The molecule has 0 bridgehead atoms. The highest BCUT2D eigenvalue weighted by Gasteiger charge is 2.19. The Labute approximate surface area is 152 Å². The Bertz CT molecular complexity index is 777. The summed E-state index contributed by atoms with van der Waals surface area (Å²) in [6.45, 7) is 6.42. The van der Waals surface area contributed by atoms with E-state index in [1.54, 1.807) is 0 Å². The van der Waals surface area contributed by atoms with E-state index in [9.17, 15) is 0 Å². The average Bonchev–Trinajstić information content (AvgIpc) is 3.11. The van der Waals surface area contributed by atoms with Gasteiger partial charge >= 0.3 is 0 Å². The van der Waals surface area contributed by atoms with Gasteiger partial charge in [0.05, 0.1) is 13.2 Å². The summed E-state index contributed by atoms with van der Waals surface area (Å²) in [5.74, 6) is 0. The number of nitrogens with zero attached hydrogens (tertiary/aromatic N) is 3. The molecule has 1 N–H and O–H groups in total. The molecule has 2 aliphatic heterocycles. The third-order valence-electron chi connectivity index (χ3n) is 4.84. The van der Waals surface area contributed by atoms with E-state index in [4.69, 9.17) is 16.3 Å². The fourth-order valence-electron chi connectivity index (χ4n) is 3.48. The Morgan fingerprint density at radius 1 is 1.20 bits per heavy atom. The first-order valence-corrected chi connectivity index (χ1v) is 9.18. The zero-order chi connectivity index (χ0) is 17.1. The molecule has 4 rings (SSSR count). The summed E-state index contributed by atoms with van der Waals surface area (Å²) in [5.41, 5.74) is 2.53. The Balaban J connectivity index is 1.27. The zero-order valence-corrected chi connectivity index (χ0v) is 15.0. The van der Waals surface area contributed by atoms with E-state index in [0.29, 0.717) is 13.2 Å². The quantitative estimate of drug-likeness (QED) is 0.893. The van der Waals surface area contributed by atoms with Crippen molar-refractivity contribution < 1.29 is 4.74 Å². The van der Waals surface area contributed by atoms with Crippen molar-refractivity contribution in [3.63, 3.8) is 0 Å². The number of dihydropyridines is 1. The minimum atomic E-state index is -0.0752. The summed E-state index contributed by atoms with van der Waals surface area (Å²) in [6, 6.07) is 8.63. The molecule has 5 nitrogen and oxygen atoms in total. The van der Waals surface area contributed by atoms with Gasteiger partial charge in [-0.25, -0.2) is 0 Å². The Morgan fingerprint density at radius 2 is 2.08 bits per heavy atom. The standard InChI is InChI=1S/C19H23ClN4O/c20-15-12-16(14-21-13-15)25-11-10-23-6-8-24(9-7-23)19-3-1-2-18-17(19)4-5-22-18/h1-5,12,14,16,22H,6-11,13H2. The number of aromatic nitrogens is 1. The van der Waals surface area contributed by atoms with Crippen LogP contribution in [0.15, 0.2) is 46.6 Å². The monoisotopic (exact) mass is 358 g/mol. The van der Waals surface area contributed by atoms with Gasteiger partial charge in [-0.3, -0.25) is 9.89 Å². The number of piperazine rings is 1. The molecule has 1 atom stereocenters. The Kier molecular flexibility index (Phi) is 5.06. The highest BCUT2D eigenvalue weighted by molar-refractivity contribution is 6.30. The van der Waals surface area contributed by atoms with Gasteiger partial charge in [0.15, 0.2) is 0 Å². The number of benzene rings is 1. The van der Waals surface area contributed by atoms with Crippen molar-refractivity contribution in [3.05, 3.63) is 41.6 Å². The molecule has 1 fully saturated rings. The number of H-pyrrole nitrogens is 1. The molecule has 1 aromatic heterocycles. The first kappa shape index (κ1) is 16.6. The molecule has 25 heavy (non-hydrogen) atoms. The number of halogens is 1. The largest absolute Gasteiger partial charge is 0.368 e. The first-order chi connectivity index (χ1) is 12.3. The first-order valence-electron chi connectivity index (χ1n) is 8.81. The van der Waals surface area contributed by atoms with Crippen molar-refractivity contribution in [2.45, 2.75) is 6.10 Å². The normalized spacial score (nSPS) is 21.7. The van der Waals surface area contributed by atoms with Crippen LogP contribution in [0.1, 0.15) is 0 Å². The number of aromatic amines is 1. The van der Waals surface area contributed by atoms with Gasteiger partial charge in [-0.15, -0.1) is 0 Å². The van der Waals surface area contributed by atoms with Gasteiger partial charge in [0, 0.05) is 66.8 Å². The van der Waals surface area contributed by atoms with Crippen LogP contribution in [0.25, 0.3) is 10.9 Å². The number of hydrogen-bond donors (Lipinski definition) is 1. The molecule has 0 saturated carbocycles. The lowest BCUT2D eigenvalue weighted by Gasteiger charge is -2.36. The lowest BCUT2D eigenvalue weighted by Crippen LogP contribution is -2.47. The maximum absolute atomic E-state index is 6.00. The van der Waals surface area contributed by atoms with Gasteiger partial charge < -0.3 is 14.6 Å². The van der Waals surface area contributed by atoms with Gasteiger partial charge in [-0.05, 0) is 24.3 Å². The molecule has 3 heterocycles. The lowest BCUT2D eigenvalue weighted by molar-refractivity contribution is 0.0967. The van der Waals surface area contributed by atoms with Crippen molar-refractivity contribution in [1.29, 1.82) is 0 Å². The summed E-state index contributed by atoms with van der Waals surface area (Å²) in [7, 11) is 0. The number of ether oxygens (including phenoxy) is 1. The predicted octanol–water partition coefficient (Wildman–Crippen LogP) is 2.88. The zero-order valence-electron chi connectivity index (χ0n) is 14.2. The fraction of sp³-hybridized carbons (Fsp3) is 0.421. The lowest BCUT2D eigenvalue weighted by atomic mass is 10.1. The second-order valence-corrected chi connectivity index (χ2v) is 6.97. The fourth-order valence-corrected chi connectivity index (χ4v) is 3.68. The molecule has 1 unspecified atom stereocenters. The van der Waals surface area contributed by atoms with Crippen molar-refractivity contribution in [1.82, 2.24) is 9.88 Å². The van der Waals surface area contributed by atoms with Crippen LogP contribution in [-0.4, -0.2) is 68.1 Å². The van der Waals surface area contributed by atoms with Gasteiger partial charge in [0.2, 0.25) is 0 Å². The van der Waals surface area contributed by atoms with Crippen molar-refractivity contribution in [3.8, 4) is 0 Å². The molecule has 1 aromatic carbocycles. The molecule has 0 amide bonds. The molecular weight excluding hydrogens is 336 g/mol. The van der Waals surface area contributed by atoms with Crippen molar-refractivity contribution >= 4 is 34.4 Å². The van der Waals surface area contributed by atoms with Crippen molar-refractivity contribution in [2.75, 3.05) is 50.8 Å². The third kappa shape index (κ3) is 3.89. The van der Waals surface area contributed by atoms with E-state index in [2.05, 4.69) is 44.0 Å². The second-order valence-electron chi connectivity index (χ2n) is 6.48. The molecule has 1 saturated heterocycles. The van der Waals surface area contributed by atoms with Gasteiger partial charge in [0.25, 0.3) is 0 Å². The molecule has 132 valence electrons.